The van der Waals surface area contributed by atoms with E-state index in [1.165, 1.54) is 0 Å². The minimum atomic E-state index is -4.39. The van der Waals surface area contributed by atoms with Gasteiger partial charge in [-0.25, -0.2) is 0 Å². The number of nitrogens with zero attached hydrogens (tertiary/aromatic N) is 2. The van der Waals surface area contributed by atoms with Gasteiger partial charge in [0.05, 0.1) is 18.8 Å². The van der Waals surface area contributed by atoms with Crippen molar-refractivity contribution in [1.82, 2.24) is 10.2 Å². The highest BCUT2D eigenvalue weighted by molar-refractivity contribution is 5.81. The van der Waals surface area contributed by atoms with Gasteiger partial charge in [-0.2, -0.15) is 13.2 Å². The Bertz CT molecular complexity index is 558. The van der Waals surface area contributed by atoms with Crippen LogP contribution < -0.4 is 15.0 Å². The molecule has 5 nitrogen and oxygen atoms in total. The van der Waals surface area contributed by atoms with E-state index >= 15 is 0 Å². The fourth-order valence-corrected chi connectivity index (χ4v) is 2.74. The molecule has 1 N–H and O–H groups in total. The Labute approximate surface area is 139 Å². The molecule has 0 aromatic heterocycles. The molecule has 24 heavy (non-hydrogen) atoms. The molecule has 134 valence electrons. The SMILES string of the molecule is COc1ccccc1N1CCN(C(C)C(=O)NCC(F)(F)F)CC1. The zero-order valence-corrected chi connectivity index (χ0v) is 13.8. The van der Waals surface area contributed by atoms with Gasteiger partial charge in [0.25, 0.3) is 0 Å². The number of halogens is 3. The number of ether oxygens (including phenoxy) is 1. The van der Waals surface area contributed by atoms with Gasteiger partial charge < -0.3 is 15.0 Å². The van der Waals surface area contributed by atoms with E-state index in [1.807, 2.05) is 34.5 Å². The lowest BCUT2D eigenvalue weighted by atomic mass is 10.2. The van der Waals surface area contributed by atoms with Crippen LogP contribution in [-0.4, -0.2) is 62.9 Å². The maximum absolute atomic E-state index is 12.2. The van der Waals surface area contributed by atoms with E-state index in [9.17, 15) is 18.0 Å². The predicted octanol–water partition coefficient (Wildman–Crippen LogP) is 1.88. The number of carbonyl (C=O) groups excluding carboxylic acids is 1. The van der Waals surface area contributed by atoms with E-state index in [0.29, 0.717) is 26.2 Å². The van der Waals surface area contributed by atoms with E-state index in [2.05, 4.69) is 4.90 Å². The van der Waals surface area contributed by atoms with Gasteiger partial charge in [0.2, 0.25) is 5.91 Å². The third-order valence-corrected chi connectivity index (χ3v) is 4.13. The molecule has 2 rings (SSSR count). The lowest BCUT2D eigenvalue weighted by Gasteiger charge is -2.38. The standard InChI is InChI=1S/C16H22F3N3O2/c1-12(15(23)20-11-16(17,18)19)21-7-9-22(10-8-21)13-5-3-4-6-14(13)24-2/h3-6,12H,7-11H2,1-2H3,(H,20,23). The highest BCUT2D eigenvalue weighted by Crippen LogP contribution is 2.28. The van der Waals surface area contributed by atoms with Crippen LogP contribution in [0.15, 0.2) is 24.3 Å². The topological polar surface area (TPSA) is 44.8 Å². The molecule has 1 atom stereocenters. The second-order valence-corrected chi connectivity index (χ2v) is 5.70. The predicted molar refractivity (Wildman–Crippen MR) is 85.3 cm³/mol. The van der Waals surface area contributed by atoms with Gasteiger partial charge in [0, 0.05) is 26.2 Å². The molecule has 0 radical (unpaired) electrons. The largest absolute Gasteiger partial charge is 0.495 e. The number of methoxy groups -OCH3 is 1. The summed E-state index contributed by atoms with van der Waals surface area (Å²) in [4.78, 5) is 15.9. The Hall–Kier alpha value is -1.96. The van der Waals surface area contributed by atoms with Gasteiger partial charge in [-0.3, -0.25) is 9.69 Å². The van der Waals surface area contributed by atoms with E-state index in [-0.39, 0.29) is 0 Å². The van der Waals surface area contributed by atoms with Crippen molar-refractivity contribution in [2.45, 2.75) is 19.1 Å². The zero-order valence-electron chi connectivity index (χ0n) is 13.8. The Morgan fingerprint density at radius 3 is 2.46 bits per heavy atom. The maximum atomic E-state index is 12.2. The number of para-hydroxylation sites is 2. The van der Waals surface area contributed by atoms with Gasteiger partial charge in [-0.05, 0) is 19.1 Å². The first-order valence-electron chi connectivity index (χ1n) is 7.78. The maximum Gasteiger partial charge on any atom is 0.405 e. The van der Waals surface area contributed by atoms with Crippen LogP contribution in [0, 0.1) is 0 Å². The minimum absolute atomic E-state index is 0.591. The molecule has 1 heterocycles. The summed E-state index contributed by atoms with van der Waals surface area (Å²) < 4.78 is 41.9. The second-order valence-electron chi connectivity index (χ2n) is 5.70. The fraction of sp³-hybridized carbons (Fsp3) is 0.562. The van der Waals surface area contributed by atoms with Crippen LogP contribution in [0.5, 0.6) is 5.75 Å². The van der Waals surface area contributed by atoms with Crippen LogP contribution >= 0.6 is 0 Å². The number of amides is 1. The van der Waals surface area contributed by atoms with Crippen LogP contribution in [0.25, 0.3) is 0 Å². The summed E-state index contributed by atoms with van der Waals surface area (Å²) in [5.74, 6) is 0.181. The summed E-state index contributed by atoms with van der Waals surface area (Å²) in [6.45, 7) is 2.88. The Morgan fingerprint density at radius 2 is 1.88 bits per heavy atom. The minimum Gasteiger partial charge on any atom is -0.495 e. The van der Waals surface area contributed by atoms with E-state index in [4.69, 9.17) is 4.74 Å². The first kappa shape index (κ1) is 18.4. The fourth-order valence-electron chi connectivity index (χ4n) is 2.74. The number of benzene rings is 1. The molecule has 0 spiro atoms. The molecule has 1 saturated heterocycles. The number of hydrogen-bond donors (Lipinski definition) is 1. The van der Waals surface area contributed by atoms with Crippen LogP contribution in [0.2, 0.25) is 0 Å². The molecule has 1 aromatic carbocycles. The molecular weight excluding hydrogens is 323 g/mol. The number of anilines is 1. The molecule has 1 unspecified atom stereocenters. The lowest BCUT2D eigenvalue weighted by molar-refractivity contribution is -0.141. The van der Waals surface area contributed by atoms with Crippen LogP contribution in [-0.2, 0) is 4.79 Å². The van der Waals surface area contributed by atoms with Crippen molar-refractivity contribution in [1.29, 1.82) is 0 Å². The summed E-state index contributed by atoms with van der Waals surface area (Å²) in [6, 6.07) is 7.08. The Balaban J connectivity index is 1.89. The first-order valence-corrected chi connectivity index (χ1v) is 7.78. The number of nitrogens with one attached hydrogen (secondary N) is 1. The molecular formula is C16H22F3N3O2. The smallest absolute Gasteiger partial charge is 0.405 e. The molecule has 1 amide bonds. The van der Waals surface area contributed by atoms with Crippen molar-refractivity contribution < 1.29 is 22.7 Å². The van der Waals surface area contributed by atoms with Gasteiger partial charge in [0.15, 0.2) is 0 Å². The summed E-state index contributed by atoms with van der Waals surface area (Å²) in [6.07, 6.45) is -4.39. The average molecular weight is 345 g/mol. The van der Waals surface area contributed by atoms with Crippen LogP contribution in [0.4, 0.5) is 18.9 Å². The van der Waals surface area contributed by atoms with Crippen molar-refractivity contribution in [3.05, 3.63) is 24.3 Å². The summed E-state index contributed by atoms with van der Waals surface area (Å²) in [5.41, 5.74) is 0.980. The van der Waals surface area contributed by atoms with Crippen LogP contribution in [0.3, 0.4) is 0 Å². The molecule has 1 aliphatic heterocycles. The Kier molecular flexibility index (Phi) is 5.93. The summed E-state index contributed by atoms with van der Waals surface area (Å²) in [5, 5.41) is 1.94. The highest BCUT2D eigenvalue weighted by atomic mass is 19.4. The summed E-state index contributed by atoms with van der Waals surface area (Å²) in [7, 11) is 1.61. The number of carbonyl (C=O) groups is 1. The molecule has 0 aliphatic carbocycles. The van der Waals surface area contributed by atoms with Crippen molar-refractivity contribution in [2.24, 2.45) is 0 Å². The second kappa shape index (κ2) is 7.74. The normalized spacial score (nSPS) is 17.5. The number of hydrogen-bond acceptors (Lipinski definition) is 4. The van der Waals surface area contributed by atoms with Crippen molar-refractivity contribution in [3.8, 4) is 5.75 Å². The van der Waals surface area contributed by atoms with Gasteiger partial charge in [-0.15, -0.1) is 0 Å². The highest BCUT2D eigenvalue weighted by Gasteiger charge is 2.31. The van der Waals surface area contributed by atoms with Crippen molar-refractivity contribution >= 4 is 11.6 Å². The van der Waals surface area contributed by atoms with Crippen molar-refractivity contribution in [3.63, 3.8) is 0 Å². The summed E-state index contributed by atoms with van der Waals surface area (Å²) >= 11 is 0. The third-order valence-electron chi connectivity index (χ3n) is 4.13. The molecule has 0 bridgehead atoms. The first-order chi connectivity index (χ1) is 11.3. The molecule has 1 fully saturated rings. The quantitative estimate of drug-likeness (QED) is 0.885. The third kappa shape index (κ3) is 4.77. The van der Waals surface area contributed by atoms with Gasteiger partial charge in [-0.1, -0.05) is 12.1 Å². The monoisotopic (exact) mass is 345 g/mol. The van der Waals surface area contributed by atoms with Gasteiger partial charge >= 0.3 is 6.18 Å². The van der Waals surface area contributed by atoms with E-state index in [0.717, 1.165) is 11.4 Å². The average Bonchev–Trinajstić information content (AvgIpc) is 2.58. The van der Waals surface area contributed by atoms with Crippen molar-refractivity contribution in [2.75, 3.05) is 44.7 Å². The van der Waals surface area contributed by atoms with E-state index in [1.54, 1.807) is 14.0 Å². The Morgan fingerprint density at radius 1 is 1.25 bits per heavy atom. The zero-order chi connectivity index (χ0) is 17.7. The molecule has 1 aliphatic rings. The van der Waals surface area contributed by atoms with Crippen LogP contribution in [0.1, 0.15) is 6.92 Å². The van der Waals surface area contributed by atoms with Gasteiger partial charge in [0.1, 0.15) is 12.3 Å². The number of alkyl halides is 3. The molecule has 8 heteroatoms. The number of rotatable bonds is 5. The molecule has 1 aromatic rings. The van der Waals surface area contributed by atoms with E-state index < -0.39 is 24.7 Å². The molecule has 0 saturated carbocycles. The lowest BCUT2D eigenvalue weighted by Crippen LogP contribution is -2.54. The number of piperazine rings is 1.